The summed E-state index contributed by atoms with van der Waals surface area (Å²) in [6.07, 6.45) is -2.92. The molecule has 0 spiro atoms. The van der Waals surface area contributed by atoms with Crippen LogP contribution in [0.3, 0.4) is 0 Å². The number of carbonyl (C=O) groups excluding carboxylic acids is 4. The number of nitriles is 1. The molecule has 10 heteroatoms. The van der Waals surface area contributed by atoms with Crippen LogP contribution in [0, 0.1) is 11.3 Å². The van der Waals surface area contributed by atoms with Crippen LogP contribution in [0.4, 0.5) is 0 Å². The molecule has 1 heterocycles. The lowest BCUT2D eigenvalue weighted by atomic mass is 9.88. The first kappa shape index (κ1) is 29.7. The zero-order valence-electron chi connectivity index (χ0n) is 23.5. The van der Waals surface area contributed by atoms with E-state index in [0.29, 0.717) is 23.5 Å². The molecule has 1 aliphatic carbocycles. The van der Waals surface area contributed by atoms with Gasteiger partial charge in [-0.05, 0) is 53.5 Å². The molecular weight excluding hydrogens is 530 g/mol. The minimum atomic E-state index is -1.27. The van der Waals surface area contributed by atoms with E-state index in [2.05, 4.69) is 30.3 Å². The summed E-state index contributed by atoms with van der Waals surface area (Å²) in [7, 11) is 0. The third-order valence-corrected chi connectivity index (χ3v) is 6.99. The average molecular weight is 564 g/mol. The molecule has 4 rings (SSSR count). The van der Waals surface area contributed by atoms with Crippen LogP contribution in [-0.2, 0) is 49.3 Å². The van der Waals surface area contributed by atoms with E-state index in [4.69, 9.17) is 23.7 Å². The van der Waals surface area contributed by atoms with Crippen LogP contribution in [0.1, 0.15) is 80.4 Å². The molecule has 2 unspecified atom stereocenters. The van der Waals surface area contributed by atoms with E-state index in [9.17, 15) is 24.4 Å². The van der Waals surface area contributed by atoms with Crippen molar-refractivity contribution in [1.82, 2.24) is 0 Å². The first-order valence-electron chi connectivity index (χ1n) is 13.5. The lowest BCUT2D eigenvalue weighted by Gasteiger charge is -2.44. The summed E-state index contributed by atoms with van der Waals surface area (Å²) in [6, 6.07) is 15.7. The van der Waals surface area contributed by atoms with Gasteiger partial charge in [-0.3, -0.25) is 19.2 Å². The predicted molar refractivity (Wildman–Crippen MR) is 143 cm³/mol. The fraction of sp³-hybridized carbons (Fsp3) is 0.452. The van der Waals surface area contributed by atoms with Crippen molar-refractivity contribution in [2.75, 3.05) is 6.61 Å². The van der Waals surface area contributed by atoms with Gasteiger partial charge >= 0.3 is 23.9 Å². The van der Waals surface area contributed by atoms with Gasteiger partial charge in [-0.1, -0.05) is 36.4 Å². The van der Waals surface area contributed by atoms with E-state index in [1.54, 1.807) is 18.2 Å². The quantitative estimate of drug-likeness (QED) is 0.327. The molecule has 2 aromatic rings. The normalized spacial score (nSPS) is 23.5. The van der Waals surface area contributed by atoms with Crippen molar-refractivity contribution in [2.45, 2.75) is 83.4 Å². The van der Waals surface area contributed by atoms with Crippen LogP contribution in [0.5, 0.6) is 0 Å². The number of hydrogen-bond acceptors (Lipinski definition) is 10. The second kappa shape index (κ2) is 13.0. The lowest BCUT2D eigenvalue weighted by molar-refractivity contribution is -0.254. The maximum Gasteiger partial charge on any atom is 0.303 e. The zero-order valence-corrected chi connectivity index (χ0v) is 23.5. The van der Waals surface area contributed by atoms with Gasteiger partial charge in [0.15, 0.2) is 18.3 Å². The highest BCUT2D eigenvalue weighted by molar-refractivity contribution is 5.69. The highest BCUT2D eigenvalue weighted by Gasteiger charge is 2.52. The van der Waals surface area contributed by atoms with Crippen LogP contribution in [0.2, 0.25) is 0 Å². The van der Waals surface area contributed by atoms with Gasteiger partial charge in [-0.15, -0.1) is 0 Å². The van der Waals surface area contributed by atoms with Gasteiger partial charge in [0.25, 0.3) is 0 Å². The number of carbonyl (C=O) groups is 4. The Bertz CT molecular complexity index is 1340. The van der Waals surface area contributed by atoms with E-state index in [0.717, 1.165) is 11.1 Å². The second-order valence-corrected chi connectivity index (χ2v) is 10.3. The number of nitrogens with zero attached hydrogens (tertiary/aromatic N) is 1. The Kier molecular flexibility index (Phi) is 9.40. The molecule has 2 fully saturated rings. The van der Waals surface area contributed by atoms with Crippen molar-refractivity contribution in [3.8, 4) is 6.07 Å². The maximum atomic E-state index is 12.2. The average Bonchev–Trinajstić information content (AvgIpc) is 3.75. The van der Waals surface area contributed by atoms with Crippen molar-refractivity contribution >= 4 is 23.9 Å². The fourth-order valence-corrected chi connectivity index (χ4v) is 5.09. The summed E-state index contributed by atoms with van der Waals surface area (Å²) in [4.78, 5) is 47.9. The minimum absolute atomic E-state index is 0.315. The molecule has 5 atom stereocenters. The summed E-state index contributed by atoms with van der Waals surface area (Å²) in [6.45, 7) is 4.45. The molecule has 1 saturated heterocycles. The molecule has 0 amide bonds. The van der Waals surface area contributed by atoms with Crippen LogP contribution < -0.4 is 0 Å². The van der Waals surface area contributed by atoms with Crippen LogP contribution >= 0.6 is 0 Å². The van der Waals surface area contributed by atoms with Gasteiger partial charge in [-0.2, -0.15) is 5.26 Å². The topological polar surface area (TPSA) is 138 Å². The number of benzene rings is 2. The Morgan fingerprint density at radius 2 is 1.39 bits per heavy atom. The molecule has 0 radical (unpaired) electrons. The monoisotopic (exact) mass is 563 g/mol. The first-order valence-corrected chi connectivity index (χ1v) is 13.5. The first-order chi connectivity index (χ1) is 19.5. The molecule has 0 aromatic heterocycles. The van der Waals surface area contributed by atoms with Crippen LogP contribution in [0.25, 0.3) is 0 Å². The summed E-state index contributed by atoms with van der Waals surface area (Å²) in [5, 5.41) is 9.81. The maximum absolute atomic E-state index is 12.2. The Morgan fingerprint density at radius 3 is 1.95 bits per heavy atom. The summed E-state index contributed by atoms with van der Waals surface area (Å²) in [5.74, 6) is -2.04. The summed E-state index contributed by atoms with van der Waals surface area (Å²) < 4.78 is 28.1. The van der Waals surface area contributed by atoms with Crippen molar-refractivity contribution in [3.05, 3.63) is 70.3 Å². The second-order valence-electron chi connectivity index (χ2n) is 10.3. The van der Waals surface area contributed by atoms with E-state index >= 15 is 0 Å². The number of hydrogen-bond donors (Lipinski definition) is 0. The van der Waals surface area contributed by atoms with Crippen molar-refractivity contribution in [1.29, 1.82) is 5.26 Å². The third kappa shape index (κ3) is 7.70. The molecule has 1 aliphatic heterocycles. The largest absolute Gasteiger partial charge is 0.463 e. The Balaban J connectivity index is 1.73. The molecule has 1 saturated carbocycles. The van der Waals surface area contributed by atoms with Crippen LogP contribution in [0.15, 0.2) is 42.5 Å². The molecule has 0 N–H and O–H groups in total. The Labute approximate surface area is 238 Å². The van der Waals surface area contributed by atoms with E-state index in [1.807, 2.05) is 0 Å². The smallest absolute Gasteiger partial charge is 0.303 e. The van der Waals surface area contributed by atoms with E-state index in [-0.39, 0.29) is 6.61 Å². The van der Waals surface area contributed by atoms with Gasteiger partial charge in [0, 0.05) is 27.7 Å². The highest BCUT2D eigenvalue weighted by Crippen LogP contribution is 2.40. The van der Waals surface area contributed by atoms with Gasteiger partial charge in [-0.25, -0.2) is 0 Å². The van der Waals surface area contributed by atoms with E-state index < -0.39 is 54.4 Å². The molecule has 2 aliphatic rings. The molecular formula is C31H33NO9. The standard InChI is InChI=1S/C31H33NO9/c1-17(33)37-16-27-29(38-18(2)34)31(40-20(4)36)30(39-19(3)35)28(41-27)24-11-12-25(15-32)26(14-24)13-21-5-7-22(8-6-21)23-9-10-23/h5-8,11-12,14,23,27-31H,9-10,13,16H2,1-4H3/t27?,28-,29+,30-,31?/m0/s1. The highest BCUT2D eigenvalue weighted by atomic mass is 16.7. The number of ether oxygens (including phenoxy) is 5. The molecule has 10 nitrogen and oxygen atoms in total. The Hall–Kier alpha value is -4.23. The summed E-state index contributed by atoms with van der Waals surface area (Å²) in [5.41, 5.74) is 4.04. The van der Waals surface area contributed by atoms with Gasteiger partial charge in [0.05, 0.1) is 11.6 Å². The predicted octanol–water partition coefficient (Wildman–Crippen LogP) is 3.82. The Morgan fingerprint density at radius 1 is 0.805 bits per heavy atom. The molecule has 41 heavy (non-hydrogen) atoms. The SMILES string of the molecule is CC(=O)OCC1O[C@@H](c2ccc(C#N)c(Cc3ccc(C4CC4)cc3)c2)[C@H](OC(C)=O)C(OC(C)=O)[C@@H]1OC(C)=O. The molecule has 2 aromatic carbocycles. The summed E-state index contributed by atoms with van der Waals surface area (Å²) >= 11 is 0. The van der Waals surface area contributed by atoms with Crippen molar-refractivity contribution < 1.29 is 42.9 Å². The third-order valence-electron chi connectivity index (χ3n) is 6.99. The molecule has 0 bridgehead atoms. The van der Waals surface area contributed by atoms with Gasteiger partial charge < -0.3 is 23.7 Å². The molecule has 216 valence electrons. The van der Waals surface area contributed by atoms with Gasteiger partial charge in [0.2, 0.25) is 0 Å². The number of rotatable bonds is 9. The fourth-order valence-electron chi connectivity index (χ4n) is 5.09. The van der Waals surface area contributed by atoms with Crippen LogP contribution in [-0.4, -0.2) is 54.9 Å². The minimum Gasteiger partial charge on any atom is -0.463 e. The van der Waals surface area contributed by atoms with Crippen molar-refractivity contribution in [2.24, 2.45) is 0 Å². The lowest BCUT2D eigenvalue weighted by Crippen LogP contribution is -2.59. The van der Waals surface area contributed by atoms with Crippen molar-refractivity contribution in [3.63, 3.8) is 0 Å². The van der Waals surface area contributed by atoms with Gasteiger partial charge in [0.1, 0.15) is 18.8 Å². The number of esters is 4. The zero-order chi connectivity index (χ0) is 29.7. The van der Waals surface area contributed by atoms with E-state index in [1.165, 1.54) is 46.1 Å².